The summed E-state index contributed by atoms with van der Waals surface area (Å²) in [5, 5.41) is 28.4. The molecule has 0 saturated carbocycles. The maximum Gasteiger partial charge on any atom is 0.186 e. The summed E-state index contributed by atoms with van der Waals surface area (Å²) in [7, 11) is 1.36. The van der Waals surface area contributed by atoms with E-state index in [0.29, 0.717) is 6.61 Å². The molecule has 5 atom stereocenters. The largest absolute Gasteiger partial charge is 0.394 e. The van der Waals surface area contributed by atoms with Crippen molar-refractivity contribution in [3.8, 4) is 0 Å². The molecule has 1 aliphatic heterocycles. The van der Waals surface area contributed by atoms with E-state index < -0.39 is 30.7 Å². The standard InChI is InChI=1S/C9H18O6/c1-3-14-8-5(4-10)15-9(13-2)7(12)6(8)11/h5-12H,3-4H2,1-2H3/t5-,6-,7-,8-,9-/m1/s1. The summed E-state index contributed by atoms with van der Waals surface area (Å²) in [4.78, 5) is 0. The number of methoxy groups -OCH3 is 1. The van der Waals surface area contributed by atoms with Gasteiger partial charge in [0.15, 0.2) is 6.29 Å². The Bertz CT molecular complexity index is 185. The topological polar surface area (TPSA) is 88.4 Å². The molecule has 0 aliphatic carbocycles. The molecule has 1 saturated heterocycles. The van der Waals surface area contributed by atoms with Gasteiger partial charge in [-0.25, -0.2) is 0 Å². The van der Waals surface area contributed by atoms with E-state index in [0.717, 1.165) is 0 Å². The highest BCUT2D eigenvalue weighted by Gasteiger charge is 2.44. The van der Waals surface area contributed by atoms with E-state index >= 15 is 0 Å². The van der Waals surface area contributed by atoms with E-state index in [9.17, 15) is 10.2 Å². The molecule has 0 radical (unpaired) electrons. The second kappa shape index (κ2) is 5.74. The molecular formula is C9H18O6. The lowest BCUT2D eigenvalue weighted by molar-refractivity contribution is -0.300. The van der Waals surface area contributed by atoms with Crippen molar-refractivity contribution in [3.63, 3.8) is 0 Å². The highest BCUT2D eigenvalue weighted by atomic mass is 16.7. The van der Waals surface area contributed by atoms with Crippen LogP contribution in [0.25, 0.3) is 0 Å². The summed E-state index contributed by atoms with van der Waals surface area (Å²) in [6, 6.07) is 0. The van der Waals surface area contributed by atoms with Gasteiger partial charge < -0.3 is 29.5 Å². The molecule has 0 amide bonds. The Morgan fingerprint density at radius 2 is 1.93 bits per heavy atom. The van der Waals surface area contributed by atoms with E-state index in [4.69, 9.17) is 19.3 Å². The molecule has 0 aromatic heterocycles. The molecule has 1 fully saturated rings. The zero-order valence-corrected chi connectivity index (χ0v) is 8.87. The summed E-state index contributed by atoms with van der Waals surface area (Å²) >= 11 is 0. The van der Waals surface area contributed by atoms with E-state index in [1.54, 1.807) is 6.92 Å². The molecule has 3 N–H and O–H groups in total. The van der Waals surface area contributed by atoms with Gasteiger partial charge in [-0.2, -0.15) is 0 Å². The Balaban J connectivity index is 2.70. The van der Waals surface area contributed by atoms with Crippen molar-refractivity contribution in [3.05, 3.63) is 0 Å². The lowest BCUT2D eigenvalue weighted by Crippen LogP contribution is -2.59. The van der Waals surface area contributed by atoms with Gasteiger partial charge in [0.1, 0.15) is 24.4 Å². The van der Waals surface area contributed by atoms with Gasteiger partial charge in [0.25, 0.3) is 0 Å². The van der Waals surface area contributed by atoms with Crippen LogP contribution in [0.1, 0.15) is 6.92 Å². The molecule has 0 aromatic carbocycles. The predicted octanol–water partition coefficient (Wildman–Crippen LogP) is -1.52. The summed E-state index contributed by atoms with van der Waals surface area (Å²) in [5.41, 5.74) is 0. The van der Waals surface area contributed by atoms with Gasteiger partial charge >= 0.3 is 0 Å². The third-order valence-corrected chi connectivity index (χ3v) is 2.41. The fraction of sp³-hybridized carbons (Fsp3) is 1.00. The lowest BCUT2D eigenvalue weighted by Gasteiger charge is -2.41. The van der Waals surface area contributed by atoms with Crippen LogP contribution in [0.4, 0.5) is 0 Å². The van der Waals surface area contributed by atoms with E-state index in [1.807, 2.05) is 0 Å². The van der Waals surface area contributed by atoms with Crippen molar-refractivity contribution in [2.45, 2.75) is 37.6 Å². The van der Waals surface area contributed by atoms with Gasteiger partial charge in [-0.1, -0.05) is 0 Å². The van der Waals surface area contributed by atoms with Gasteiger partial charge in [-0.05, 0) is 6.92 Å². The van der Waals surface area contributed by atoms with Gasteiger partial charge in [-0.15, -0.1) is 0 Å². The first kappa shape index (κ1) is 12.8. The average molecular weight is 222 g/mol. The van der Waals surface area contributed by atoms with Crippen LogP contribution in [0.15, 0.2) is 0 Å². The lowest BCUT2D eigenvalue weighted by atomic mass is 9.99. The van der Waals surface area contributed by atoms with Gasteiger partial charge in [0.2, 0.25) is 0 Å². The highest BCUT2D eigenvalue weighted by molar-refractivity contribution is 4.89. The Labute approximate surface area is 88.4 Å². The average Bonchev–Trinajstić information content (AvgIpc) is 2.25. The fourth-order valence-corrected chi connectivity index (χ4v) is 1.65. The maximum atomic E-state index is 9.73. The minimum atomic E-state index is -1.17. The molecule has 0 aromatic rings. The minimum absolute atomic E-state index is 0.297. The van der Waals surface area contributed by atoms with Gasteiger partial charge in [0, 0.05) is 13.7 Å². The quantitative estimate of drug-likeness (QED) is 0.535. The number of aliphatic hydroxyl groups is 3. The third-order valence-electron chi connectivity index (χ3n) is 2.41. The normalized spacial score (nSPS) is 41.8. The van der Waals surface area contributed by atoms with Crippen LogP contribution < -0.4 is 0 Å². The van der Waals surface area contributed by atoms with Crippen LogP contribution in [0.5, 0.6) is 0 Å². The van der Waals surface area contributed by atoms with Crippen molar-refractivity contribution < 1.29 is 29.5 Å². The Morgan fingerprint density at radius 1 is 1.27 bits per heavy atom. The smallest absolute Gasteiger partial charge is 0.186 e. The number of ether oxygens (including phenoxy) is 3. The van der Waals surface area contributed by atoms with E-state index in [1.165, 1.54) is 7.11 Å². The van der Waals surface area contributed by atoms with Gasteiger partial charge in [-0.3, -0.25) is 0 Å². The van der Waals surface area contributed by atoms with Crippen LogP contribution in [0, 0.1) is 0 Å². The second-order valence-electron chi connectivity index (χ2n) is 3.36. The summed E-state index contributed by atoms with van der Waals surface area (Å²) in [5.74, 6) is 0. The summed E-state index contributed by atoms with van der Waals surface area (Å²) in [6.07, 6.45) is -4.65. The van der Waals surface area contributed by atoms with E-state index in [2.05, 4.69) is 0 Å². The van der Waals surface area contributed by atoms with Crippen LogP contribution in [-0.2, 0) is 14.2 Å². The van der Waals surface area contributed by atoms with E-state index in [-0.39, 0.29) is 6.61 Å². The monoisotopic (exact) mass is 222 g/mol. The maximum absolute atomic E-state index is 9.73. The summed E-state index contributed by atoms with van der Waals surface area (Å²) < 4.78 is 15.3. The van der Waals surface area contributed by atoms with Gasteiger partial charge in [0.05, 0.1) is 6.61 Å². The molecule has 1 aliphatic rings. The van der Waals surface area contributed by atoms with Crippen molar-refractivity contribution >= 4 is 0 Å². The SMILES string of the molecule is CCO[C@H]1[C@H](O)[C@@H](O)[C@H](OC)O[C@@H]1CO. The molecule has 0 unspecified atom stereocenters. The van der Waals surface area contributed by atoms with Crippen LogP contribution >= 0.6 is 0 Å². The molecule has 6 nitrogen and oxygen atoms in total. The second-order valence-corrected chi connectivity index (χ2v) is 3.36. The number of hydrogen-bond acceptors (Lipinski definition) is 6. The Morgan fingerprint density at radius 3 is 2.40 bits per heavy atom. The molecule has 1 heterocycles. The van der Waals surface area contributed by atoms with Crippen molar-refractivity contribution in [1.82, 2.24) is 0 Å². The predicted molar refractivity (Wildman–Crippen MR) is 50.2 cm³/mol. The molecule has 6 heteroatoms. The number of rotatable bonds is 4. The number of aliphatic hydroxyl groups excluding tert-OH is 3. The van der Waals surface area contributed by atoms with Crippen molar-refractivity contribution in [1.29, 1.82) is 0 Å². The molecule has 0 bridgehead atoms. The molecular weight excluding hydrogens is 204 g/mol. The molecule has 0 spiro atoms. The zero-order valence-electron chi connectivity index (χ0n) is 8.87. The van der Waals surface area contributed by atoms with Crippen molar-refractivity contribution in [2.24, 2.45) is 0 Å². The first-order valence-electron chi connectivity index (χ1n) is 4.92. The first-order valence-corrected chi connectivity index (χ1v) is 4.92. The van der Waals surface area contributed by atoms with Crippen LogP contribution in [0.2, 0.25) is 0 Å². The molecule has 1 rings (SSSR count). The molecule has 90 valence electrons. The minimum Gasteiger partial charge on any atom is -0.394 e. The third kappa shape index (κ3) is 2.66. The zero-order chi connectivity index (χ0) is 11.4. The Kier molecular flexibility index (Phi) is 4.91. The van der Waals surface area contributed by atoms with Crippen molar-refractivity contribution in [2.75, 3.05) is 20.3 Å². The summed E-state index contributed by atoms with van der Waals surface area (Å²) in [6.45, 7) is 1.83. The fourth-order valence-electron chi connectivity index (χ4n) is 1.65. The number of hydrogen-bond donors (Lipinski definition) is 3. The molecule has 15 heavy (non-hydrogen) atoms. The Hall–Kier alpha value is -0.240. The first-order chi connectivity index (χ1) is 7.15. The van der Waals surface area contributed by atoms with Crippen LogP contribution in [0.3, 0.4) is 0 Å². The van der Waals surface area contributed by atoms with Crippen LogP contribution in [-0.4, -0.2) is 66.3 Å². The highest BCUT2D eigenvalue weighted by Crippen LogP contribution is 2.23.